The Morgan fingerprint density at radius 3 is 2.19 bits per heavy atom. The number of hydrogen-bond donors (Lipinski definition) is 3. The van der Waals surface area contributed by atoms with Gasteiger partial charge < -0.3 is 10.6 Å². The summed E-state index contributed by atoms with van der Waals surface area (Å²) in [6.45, 7) is 7.21. The van der Waals surface area contributed by atoms with Gasteiger partial charge in [-0.15, -0.1) is 10.2 Å². The van der Waals surface area contributed by atoms with E-state index in [9.17, 15) is 14.4 Å². The van der Waals surface area contributed by atoms with Crippen molar-refractivity contribution in [1.29, 1.82) is 0 Å². The minimum absolute atomic E-state index is 0.0889. The van der Waals surface area contributed by atoms with E-state index in [1.807, 2.05) is 31.2 Å². The van der Waals surface area contributed by atoms with Gasteiger partial charge in [0.15, 0.2) is 10.9 Å². The van der Waals surface area contributed by atoms with Gasteiger partial charge in [-0.1, -0.05) is 62.0 Å². The molecule has 0 aliphatic rings. The van der Waals surface area contributed by atoms with E-state index in [-0.39, 0.29) is 28.6 Å². The van der Waals surface area contributed by atoms with Gasteiger partial charge in [0.25, 0.3) is 5.56 Å². The van der Waals surface area contributed by atoms with E-state index in [0.29, 0.717) is 11.3 Å². The highest BCUT2D eigenvalue weighted by Crippen LogP contribution is 2.25. The summed E-state index contributed by atoms with van der Waals surface area (Å²) in [7, 11) is 0. The van der Waals surface area contributed by atoms with Gasteiger partial charge in [-0.05, 0) is 31.5 Å². The molecule has 0 aliphatic carbocycles. The molecule has 2 amide bonds. The van der Waals surface area contributed by atoms with Crippen molar-refractivity contribution in [3.63, 3.8) is 0 Å². The van der Waals surface area contributed by atoms with Crippen LogP contribution >= 0.6 is 11.8 Å². The lowest BCUT2D eigenvalue weighted by Gasteiger charge is -2.13. The predicted molar refractivity (Wildman–Crippen MR) is 127 cm³/mol. The molecule has 1 heterocycles. The summed E-state index contributed by atoms with van der Waals surface area (Å²) in [6.07, 6.45) is 0. The Hall–Kier alpha value is -3.46. The molecule has 0 aliphatic heterocycles. The monoisotopic (exact) mass is 451 g/mol. The maximum Gasteiger partial charge on any atom is 0.278 e. The summed E-state index contributed by atoms with van der Waals surface area (Å²) in [4.78, 5) is 40.0. The minimum Gasteiger partial charge on any atom is -0.325 e. The van der Waals surface area contributed by atoms with Gasteiger partial charge in [-0.3, -0.25) is 19.4 Å². The molecule has 32 heavy (non-hydrogen) atoms. The van der Waals surface area contributed by atoms with Gasteiger partial charge >= 0.3 is 0 Å². The van der Waals surface area contributed by atoms with Crippen LogP contribution < -0.4 is 16.2 Å². The van der Waals surface area contributed by atoms with E-state index in [1.54, 1.807) is 45.0 Å². The number of rotatable bonds is 7. The zero-order valence-corrected chi connectivity index (χ0v) is 19.1. The van der Waals surface area contributed by atoms with Crippen LogP contribution in [-0.4, -0.2) is 32.2 Å². The number of nitrogens with zero attached hydrogens (tertiary/aromatic N) is 2. The van der Waals surface area contributed by atoms with Gasteiger partial charge in [-0.25, -0.2) is 0 Å². The van der Waals surface area contributed by atoms with Crippen molar-refractivity contribution in [2.45, 2.75) is 38.1 Å². The summed E-state index contributed by atoms with van der Waals surface area (Å²) in [6, 6.07) is 14.4. The Labute approximate surface area is 190 Å². The Bertz CT molecular complexity index is 1190. The number of H-pyrrole nitrogens is 1. The molecule has 2 aromatic carbocycles. The Morgan fingerprint density at radius 2 is 1.53 bits per heavy atom. The molecule has 1 aromatic heterocycles. The highest BCUT2D eigenvalue weighted by molar-refractivity contribution is 8.00. The highest BCUT2D eigenvalue weighted by Gasteiger charge is 2.19. The standard InChI is InChI=1S/C23H25N5O3S/c1-13(2)20(29)25-18-12-8-6-10-16(18)19-22(31)26-23(28-27-19)32-15(4)21(30)24-17-11-7-5-9-14(17)3/h5-13,15H,1-4H3,(H,24,30)(H,25,29)(H,26,28,31)/t15-/m0/s1. The third-order valence-corrected chi connectivity index (χ3v) is 5.68. The SMILES string of the molecule is Cc1ccccc1NC(=O)[C@H](C)Sc1nnc(-c2ccccc2NC(=O)C(C)C)c(=O)[nH]1. The van der Waals surface area contributed by atoms with Gasteiger partial charge in [-0.2, -0.15) is 0 Å². The number of aryl methyl sites for hydroxylation is 1. The fraction of sp³-hybridized carbons (Fsp3) is 0.261. The molecule has 3 rings (SSSR count). The molecule has 0 radical (unpaired) electrons. The molecule has 9 heteroatoms. The fourth-order valence-electron chi connectivity index (χ4n) is 2.80. The van der Waals surface area contributed by atoms with Crippen LogP contribution in [0.1, 0.15) is 26.3 Å². The second-order valence-electron chi connectivity index (χ2n) is 7.56. The van der Waals surface area contributed by atoms with E-state index in [0.717, 1.165) is 23.0 Å². The number of amides is 2. The summed E-state index contributed by atoms with van der Waals surface area (Å²) >= 11 is 1.10. The number of carbonyl (C=O) groups is 2. The molecular weight excluding hydrogens is 426 g/mol. The van der Waals surface area contributed by atoms with Crippen molar-refractivity contribution in [3.05, 3.63) is 64.4 Å². The molecular formula is C23H25N5O3S. The lowest BCUT2D eigenvalue weighted by Crippen LogP contribution is -2.24. The van der Waals surface area contributed by atoms with E-state index >= 15 is 0 Å². The molecule has 0 unspecified atom stereocenters. The van der Waals surface area contributed by atoms with E-state index in [2.05, 4.69) is 25.8 Å². The normalized spacial score (nSPS) is 11.8. The Kier molecular flexibility index (Phi) is 7.42. The van der Waals surface area contributed by atoms with E-state index in [4.69, 9.17) is 0 Å². The number of hydrogen-bond acceptors (Lipinski definition) is 6. The fourth-order valence-corrected chi connectivity index (χ4v) is 3.54. The van der Waals surface area contributed by atoms with Crippen LogP contribution in [0.3, 0.4) is 0 Å². The third kappa shape index (κ3) is 5.61. The summed E-state index contributed by atoms with van der Waals surface area (Å²) in [5, 5.41) is 13.6. The van der Waals surface area contributed by atoms with Crippen molar-refractivity contribution in [2.75, 3.05) is 10.6 Å². The van der Waals surface area contributed by atoms with Crippen LogP contribution in [0.4, 0.5) is 11.4 Å². The Balaban J connectivity index is 1.76. The smallest absolute Gasteiger partial charge is 0.278 e. The molecule has 0 saturated carbocycles. The van der Waals surface area contributed by atoms with Crippen molar-refractivity contribution in [2.24, 2.45) is 5.92 Å². The lowest BCUT2D eigenvalue weighted by molar-refractivity contribution is -0.119. The number of aromatic amines is 1. The molecule has 8 nitrogen and oxygen atoms in total. The van der Waals surface area contributed by atoms with Gasteiger partial charge in [0.2, 0.25) is 11.8 Å². The predicted octanol–water partition coefficient (Wildman–Crippen LogP) is 3.85. The minimum atomic E-state index is -0.511. The topological polar surface area (TPSA) is 117 Å². The van der Waals surface area contributed by atoms with Crippen LogP contribution in [0, 0.1) is 12.8 Å². The molecule has 3 aromatic rings. The third-order valence-electron chi connectivity index (χ3n) is 4.70. The van der Waals surface area contributed by atoms with Gasteiger partial charge in [0, 0.05) is 17.2 Å². The number of para-hydroxylation sites is 2. The molecule has 0 fully saturated rings. The first-order valence-electron chi connectivity index (χ1n) is 10.2. The van der Waals surface area contributed by atoms with Crippen LogP contribution in [0.5, 0.6) is 0 Å². The average Bonchev–Trinajstić information content (AvgIpc) is 2.76. The van der Waals surface area contributed by atoms with Gasteiger partial charge in [0.1, 0.15) is 0 Å². The van der Waals surface area contributed by atoms with Crippen molar-refractivity contribution < 1.29 is 9.59 Å². The first-order chi connectivity index (χ1) is 15.3. The maximum atomic E-state index is 12.7. The zero-order chi connectivity index (χ0) is 23.3. The quantitative estimate of drug-likeness (QED) is 0.470. The van der Waals surface area contributed by atoms with E-state index < -0.39 is 10.8 Å². The number of carbonyl (C=O) groups excluding carboxylic acids is 2. The second kappa shape index (κ2) is 10.2. The number of aromatic nitrogens is 3. The maximum absolute atomic E-state index is 12.7. The first kappa shape index (κ1) is 23.2. The first-order valence-corrected chi connectivity index (χ1v) is 11.0. The molecule has 0 saturated heterocycles. The van der Waals surface area contributed by atoms with Crippen LogP contribution in [-0.2, 0) is 9.59 Å². The largest absolute Gasteiger partial charge is 0.325 e. The van der Waals surface area contributed by atoms with E-state index in [1.165, 1.54) is 0 Å². The Morgan fingerprint density at radius 1 is 0.906 bits per heavy atom. The van der Waals surface area contributed by atoms with Crippen LogP contribution in [0.2, 0.25) is 0 Å². The van der Waals surface area contributed by atoms with Crippen molar-refractivity contribution in [1.82, 2.24) is 15.2 Å². The van der Waals surface area contributed by atoms with Gasteiger partial charge in [0.05, 0.1) is 10.9 Å². The number of thioether (sulfide) groups is 1. The number of benzene rings is 2. The zero-order valence-electron chi connectivity index (χ0n) is 18.3. The summed E-state index contributed by atoms with van der Waals surface area (Å²) < 4.78 is 0. The second-order valence-corrected chi connectivity index (χ2v) is 8.89. The molecule has 1 atom stereocenters. The van der Waals surface area contributed by atoms with Crippen LogP contribution in [0.25, 0.3) is 11.3 Å². The average molecular weight is 452 g/mol. The van der Waals surface area contributed by atoms with Crippen LogP contribution in [0.15, 0.2) is 58.5 Å². The molecule has 3 N–H and O–H groups in total. The number of anilines is 2. The van der Waals surface area contributed by atoms with Crippen molar-refractivity contribution in [3.8, 4) is 11.3 Å². The molecule has 0 bridgehead atoms. The highest BCUT2D eigenvalue weighted by atomic mass is 32.2. The molecule has 0 spiro atoms. The lowest BCUT2D eigenvalue weighted by atomic mass is 10.1. The van der Waals surface area contributed by atoms with Crippen molar-refractivity contribution >= 4 is 35.0 Å². The summed E-state index contributed by atoms with van der Waals surface area (Å²) in [5.41, 5.74) is 2.28. The number of nitrogens with one attached hydrogen (secondary N) is 3. The molecule has 166 valence electrons. The summed E-state index contributed by atoms with van der Waals surface area (Å²) in [5.74, 6) is -0.584.